The zero-order valence-corrected chi connectivity index (χ0v) is 18.3. The molecular weight excluding hydrogens is 376 g/mol. The second-order valence-electron chi connectivity index (χ2n) is 7.24. The molecule has 0 radical (unpaired) electrons. The number of benzene rings is 2. The van der Waals surface area contributed by atoms with Gasteiger partial charge in [-0.05, 0) is 43.0 Å². The Balaban J connectivity index is 1.78. The highest BCUT2D eigenvalue weighted by Crippen LogP contribution is 2.06. The average molecular weight is 411 g/mol. The molecular formula is C24H34N4O2. The van der Waals surface area contributed by atoms with Crippen molar-refractivity contribution in [1.82, 2.24) is 16.0 Å². The van der Waals surface area contributed by atoms with E-state index in [0.29, 0.717) is 37.8 Å². The van der Waals surface area contributed by atoms with Crippen LogP contribution in [-0.2, 0) is 17.9 Å². The van der Waals surface area contributed by atoms with Crippen molar-refractivity contribution in [2.45, 2.75) is 33.9 Å². The summed E-state index contributed by atoms with van der Waals surface area (Å²) < 4.78 is 5.82. The third-order valence-corrected chi connectivity index (χ3v) is 4.45. The Hall–Kier alpha value is -2.86. The predicted octanol–water partition coefficient (Wildman–Crippen LogP) is 3.34. The van der Waals surface area contributed by atoms with Crippen molar-refractivity contribution in [3.63, 3.8) is 0 Å². The summed E-state index contributed by atoms with van der Waals surface area (Å²) in [5.41, 5.74) is 2.91. The monoisotopic (exact) mass is 410 g/mol. The van der Waals surface area contributed by atoms with Crippen LogP contribution in [0.1, 0.15) is 42.3 Å². The smallest absolute Gasteiger partial charge is 0.251 e. The van der Waals surface area contributed by atoms with Crippen LogP contribution in [0.15, 0.2) is 59.6 Å². The molecule has 2 aromatic carbocycles. The van der Waals surface area contributed by atoms with Crippen molar-refractivity contribution < 1.29 is 9.53 Å². The Morgan fingerprint density at radius 3 is 2.30 bits per heavy atom. The molecule has 0 aliphatic rings. The molecule has 2 rings (SSSR count). The minimum absolute atomic E-state index is 0.0500. The van der Waals surface area contributed by atoms with Gasteiger partial charge < -0.3 is 20.7 Å². The lowest BCUT2D eigenvalue weighted by atomic mass is 10.1. The first kappa shape index (κ1) is 23.4. The summed E-state index contributed by atoms with van der Waals surface area (Å²) in [4.78, 5) is 16.5. The number of nitrogens with zero attached hydrogens (tertiary/aromatic N) is 1. The topological polar surface area (TPSA) is 74.8 Å². The predicted molar refractivity (Wildman–Crippen MR) is 123 cm³/mol. The van der Waals surface area contributed by atoms with E-state index in [4.69, 9.17) is 4.74 Å². The largest absolute Gasteiger partial charge is 0.376 e. The maximum absolute atomic E-state index is 11.8. The number of carbonyl (C=O) groups is 1. The van der Waals surface area contributed by atoms with Crippen molar-refractivity contribution in [1.29, 1.82) is 0 Å². The van der Waals surface area contributed by atoms with E-state index >= 15 is 0 Å². The molecule has 1 atom stereocenters. The number of aliphatic imine (C=N–C) groups is 1. The summed E-state index contributed by atoms with van der Waals surface area (Å²) >= 11 is 0. The molecule has 0 heterocycles. The van der Waals surface area contributed by atoms with E-state index in [1.807, 2.05) is 56.3 Å². The van der Waals surface area contributed by atoms with E-state index < -0.39 is 0 Å². The maximum Gasteiger partial charge on any atom is 0.251 e. The van der Waals surface area contributed by atoms with Crippen LogP contribution in [0.5, 0.6) is 0 Å². The molecule has 1 amide bonds. The Kier molecular flexibility index (Phi) is 10.4. The normalized spacial score (nSPS) is 12.3. The number of nitrogens with one attached hydrogen (secondary N) is 3. The van der Waals surface area contributed by atoms with Crippen molar-refractivity contribution in [3.8, 4) is 0 Å². The Labute approximate surface area is 180 Å². The van der Waals surface area contributed by atoms with Gasteiger partial charge in [0.2, 0.25) is 0 Å². The van der Waals surface area contributed by atoms with Gasteiger partial charge >= 0.3 is 0 Å². The summed E-state index contributed by atoms with van der Waals surface area (Å²) in [6, 6.07) is 17.8. The van der Waals surface area contributed by atoms with Crippen molar-refractivity contribution >= 4 is 11.9 Å². The quantitative estimate of drug-likeness (QED) is 0.392. The SMILES string of the molecule is CCNC(=O)c1ccc(CN=C(NCC)NCC(C)COCc2ccccc2)cc1. The lowest BCUT2D eigenvalue weighted by Crippen LogP contribution is -2.40. The van der Waals surface area contributed by atoms with Crippen LogP contribution < -0.4 is 16.0 Å². The molecule has 0 saturated heterocycles. The second-order valence-corrected chi connectivity index (χ2v) is 7.24. The zero-order valence-electron chi connectivity index (χ0n) is 18.3. The van der Waals surface area contributed by atoms with Gasteiger partial charge in [0.15, 0.2) is 5.96 Å². The molecule has 3 N–H and O–H groups in total. The second kappa shape index (κ2) is 13.4. The van der Waals surface area contributed by atoms with E-state index in [1.165, 1.54) is 5.56 Å². The number of amides is 1. The highest BCUT2D eigenvalue weighted by atomic mass is 16.5. The van der Waals surface area contributed by atoms with Gasteiger partial charge in [0.1, 0.15) is 0 Å². The number of carbonyl (C=O) groups excluding carboxylic acids is 1. The van der Waals surface area contributed by atoms with Gasteiger partial charge in [-0.2, -0.15) is 0 Å². The molecule has 0 aliphatic heterocycles. The van der Waals surface area contributed by atoms with Crippen LogP contribution in [0.2, 0.25) is 0 Å². The van der Waals surface area contributed by atoms with E-state index in [0.717, 1.165) is 24.6 Å². The van der Waals surface area contributed by atoms with Gasteiger partial charge in [-0.25, -0.2) is 4.99 Å². The highest BCUT2D eigenvalue weighted by molar-refractivity contribution is 5.94. The molecule has 0 spiro atoms. The lowest BCUT2D eigenvalue weighted by molar-refractivity contribution is 0.0931. The molecule has 1 unspecified atom stereocenters. The summed E-state index contributed by atoms with van der Waals surface area (Å²) in [5.74, 6) is 1.08. The third kappa shape index (κ3) is 8.66. The third-order valence-electron chi connectivity index (χ3n) is 4.45. The molecule has 0 saturated carbocycles. The molecule has 6 nitrogen and oxygen atoms in total. The summed E-state index contributed by atoms with van der Waals surface area (Å²) in [6.45, 7) is 10.2. The number of hydrogen-bond donors (Lipinski definition) is 3. The van der Waals surface area contributed by atoms with Crippen LogP contribution in [0.4, 0.5) is 0 Å². The van der Waals surface area contributed by atoms with Crippen molar-refractivity contribution in [2.75, 3.05) is 26.2 Å². The number of guanidine groups is 1. The first-order valence-electron chi connectivity index (χ1n) is 10.6. The van der Waals surface area contributed by atoms with Gasteiger partial charge in [0.25, 0.3) is 5.91 Å². The Morgan fingerprint density at radius 2 is 1.63 bits per heavy atom. The van der Waals surface area contributed by atoms with Gasteiger partial charge in [0.05, 0.1) is 19.8 Å². The van der Waals surface area contributed by atoms with Crippen LogP contribution in [0.25, 0.3) is 0 Å². The van der Waals surface area contributed by atoms with Crippen molar-refractivity contribution in [2.24, 2.45) is 10.9 Å². The van der Waals surface area contributed by atoms with E-state index in [9.17, 15) is 4.79 Å². The maximum atomic E-state index is 11.8. The highest BCUT2D eigenvalue weighted by Gasteiger charge is 2.06. The zero-order chi connectivity index (χ0) is 21.6. The van der Waals surface area contributed by atoms with E-state index in [-0.39, 0.29) is 5.91 Å². The molecule has 0 fully saturated rings. The van der Waals surface area contributed by atoms with E-state index in [1.54, 1.807) is 0 Å². The van der Waals surface area contributed by atoms with Gasteiger partial charge in [-0.1, -0.05) is 49.4 Å². The molecule has 162 valence electrons. The van der Waals surface area contributed by atoms with Gasteiger partial charge in [-0.3, -0.25) is 4.79 Å². The van der Waals surface area contributed by atoms with Crippen LogP contribution in [0, 0.1) is 5.92 Å². The molecule has 2 aromatic rings. The molecule has 0 aromatic heterocycles. The van der Waals surface area contributed by atoms with Crippen LogP contribution in [0.3, 0.4) is 0 Å². The van der Waals surface area contributed by atoms with Gasteiger partial charge in [-0.15, -0.1) is 0 Å². The minimum Gasteiger partial charge on any atom is -0.376 e. The van der Waals surface area contributed by atoms with Gasteiger partial charge in [0, 0.05) is 25.2 Å². The summed E-state index contributed by atoms with van der Waals surface area (Å²) in [6.07, 6.45) is 0. The molecule has 6 heteroatoms. The Morgan fingerprint density at radius 1 is 0.933 bits per heavy atom. The Bertz CT molecular complexity index is 776. The number of hydrogen-bond acceptors (Lipinski definition) is 3. The first-order valence-corrected chi connectivity index (χ1v) is 10.6. The van der Waals surface area contributed by atoms with Crippen LogP contribution >= 0.6 is 0 Å². The summed E-state index contributed by atoms with van der Waals surface area (Å²) in [7, 11) is 0. The molecule has 0 aliphatic carbocycles. The van der Waals surface area contributed by atoms with E-state index in [2.05, 4.69) is 40.0 Å². The average Bonchev–Trinajstić information content (AvgIpc) is 2.77. The lowest BCUT2D eigenvalue weighted by Gasteiger charge is -2.16. The number of ether oxygens (including phenoxy) is 1. The van der Waals surface area contributed by atoms with Crippen molar-refractivity contribution in [3.05, 3.63) is 71.3 Å². The fourth-order valence-electron chi connectivity index (χ4n) is 2.82. The first-order chi connectivity index (χ1) is 14.6. The van der Waals surface area contributed by atoms with Crippen LogP contribution in [-0.4, -0.2) is 38.1 Å². The molecule has 30 heavy (non-hydrogen) atoms. The number of rotatable bonds is 11. The minimum atomic E-state index is -0.0500. The summed E-state index contributed by atoms with van der Waals surface area (Å²) in [5, 5.41) is 9.45. The molecule has 0 bridgehead atoms. The fourth-order valence-corrected chi connectivity index (χ4v) is 2.82. The standard InChI is InChI=1S/C24H34N4O2/c1-4-25-23(29)22-13-11-20(12-14-22)16-28-24(26-5-2)27-15-19(3)17-30-18-21-9-7-6-8-10-21/h6-14,19H,4-5,15-18H2,1-3H3,(H,25,29)(H2,26,27,28). The fraction of sp³-hybridized carbons (Fsp3) is 0.417.